The standard InChI is InChI=1S/C19H19ClFNO5.C18H17ClFNO5.Li.H2O/c1-25-18(23)13-5-3-4-12(8-13)17(27-7-6-22-19(24)26-2)14-9-15(20)11-16(21)10-14;1-25-18(24)21-5-6-26-16(13-8-14(19)10-15(20)9-13)11-3-2-4-12(7-11)17(22)23;;/h3-5,8-11,17H,6-7H2,1-2H3,(H,22,24);2-4,7-10,16H,5-6H2,1H3,(H,21,24)(H,22,23);;1H2/q;;+1;/p-1. The average molecular weight is 802 g/mol. The molecule has 4 rings (SSSR count). The summed E-state index contributed by atoms with van der Waals surface area (Å²) in [6, 6.07) is 20.8. The van der Waals surface area contributed by atoms with E-state index in [1.54, 1.807) is 42.5 Å². The molecule has 2 amide bonds. The number of aromatic carboxylic acids is 1. The Balaban J connectivity index is 0.000000531. The van der Waals surface area contributed by atoms with E-state index in [4.69, 9.17) is 42.5 Å². The Labute approximate surface area is 337 Å². The van der Waals surface area contributed by atoms with Gasteiger partial charge < -0.3 is 44.9 Å². The number of hydrogen-bond donors (Lipinski definition) is 3. The molecule has 0 spiro atoms. The largest absolute Gasteiger partial charge is 1.00 e. The van der Waals surface area contributed by atoms with Crippen molar-refractivity contribution in [2.24, 2.45) is 0 Å². The maximum absolute atomic E-state index is 13.8. The van der Waals surface area contributed by atoms with Crippen molar-refractivity contribution in [3.63, 3.8) is 0 Å². The van der Waals surface area contributed by atoms with Gasteiger partial charge in [-0.25, -0.2) is 28.0 Å². The Morgan fingerprint density at radius 3 is 1.44 bits per heavy atom. The molecule has 0 saturated heterocycles. The fraction of sp³-hybridized carbons (Fsp3) is 0.243. The number of ether oxygens (including phenoxy) is 5. The van der Waals surface area contributed by atoms with Gasteiger partial charge in [0.1, 0.15) is 23.8 Å². The molecule has 18 heteroatoms. The fourth-order valence-corrected chi connectivity index (χ4v) is 5.27. The summed E-state index contributed by atoms with van der Waals surface area (Å²) in [7, 11) is 3.78. The number of carboxylic acids is 1. The summed E-state index contributed by atoms with van der Waals surface area (Å²) in [4.78, 5) is 45.2. The molecule has 55 heavy (non-hydrogen) atoms. The van der Waals surface area contributed by atoms with Crippen LogP contribution < -0.4 is 29.5 Å². The molecule has 290 valence electrons. The van der Waals surface area contributed by atoms with Gasteiger partial charge in [0.05, 0.1) is 45.7 Å². The van der Waals surface area contributed by atoms with E-state index in [0.717, 1.165) is 6.07 Å². The zero-order chi connectivity index (χ0) is 38.9. The summed E-state index contributed by atoms with van der Waals surface area (Å²) >= 11 is 11.9. The molecule has 0 radical (unpaired) electrons. The zero-order valence-electron chi connectivity index (χ0n) is 30.1. The van der Waals surface area contributed by atoms with E-state index in [-0.39, 0.29) is 66.2 Å². The number of rotatable bonds is 14. The maximum Gasteiger partial charge on any atom is 1.00 e. The summed E-state index contributed by atoms with van der Waals surface area (Å²) in [6.45, 7) is 0.551. The minimum Gasteiger partial charge on any atom is -0.870 e. The van der Waals surface area contributed by atoms with E-state index < -0.39 is 48.0 Å². The van der Waals surface area contributed by atoms with Crippen molar-refractivity contribution in [1.29, 1.82) is 0 Å². The zero-order valence-corrected chi connectivity index (χ0v) is 31.7. The van der Waals surface area contributed by atoms with Crippen LogP contribution in [0.5, 0.6) is 0 Å². The van der Waals surface area contributed by atoms with Crippen LogP contribution in [-0.2, 0) is 23.7 Å². The van der Waals surface area contributed by atoms with Crippen molar-refractivity contribution < 1.29 is 81.1 Å². The van der Waals surface area contributed by atoms with Crippen molar-refractivity contribution in [3.8, 4) is 0 Å². The van der Waals surface area contributed by atoms with Gasteiger partial charge in [-0.05, 0) is 82.9 Å². The molecule has 0 aliphatic rings. The van der Waals surface area contributed by atoms with Gasteiger partial charge in [0.2, 0.25) is 0 Å². The number of amides is 2. The van der Waals surface area contributed by atoms with Crippen LogP contribution in [0, 0.1) is 11.6 Å². The molecule has 0 fully saturated rings. The molecule has 4 N–H and O–H groups in total. The predicted molar refractivity (Wildman–Crippen MR) is 192 cm³/mol. The number of alkyl carbamates (subject to hydrolysis) is 2. The minimum atomic E-state index is -1.09. The number of esters is 1. The van der Waals surface area contributed by atoms with Gasteiger partial charge in [-0.2, -0.15) is 0 Å². The number of nitrogens with one attached hydrogen (secondary N) is 2. The predicted octanol–water partition coefficient (Wildman–Crippen LogP) is 4.19. The molecule has 0 saturated carbocycles. The van der Waals surface area contributed by atoms with Crippen molar-refractivity contribution in [2.45, 2.75) is 12.2 Å². The number of methoxy groups -OCH3 is 3. The molecule has 4 aromatic rings. The first-order valence-electron chi connectivity index (χ1n) is 15.7. The van der Waals surface area contributed by atoms with E-state index in [1.165, 1.54) is 57.7 Å². The van der Waals surface area contributed by atoms with Crippen LogP contribution in [0.3, 0.4) is 0 Å². The molecule has 2 atom stereocenters. The van der Waals surface area contributed by atoms with Gasteiger partial charge in [0.15, 0.2) is 0 Å². The molecular formula is C37H37Cl2F2LiN2O11. The average Bonchev–Trinajstić information content (AvgIpc) is 3.13. The molecular weight excluding hydrogens is 764 g/mol. The summed E-state index contributed by atoms with van der Waals surface area (Å²) in [5.74, 6) is -2.64. The number of halogens is 4. The quantitative estimate of drug-likeness (QED) is 0.0718. The summed E-state index contributed by atoms with van der Waals surface area (Å²) in [5.41, 5.74) is 2.43. The van der Waals surface area contributed by atoms with E-state index >= 15 is 0 Å². The first kappa shape index (κ1) is 48.3. The number of carbonyl (C=O) groups excluding carboxylic acids is 3. The third kappa shape index (κ3) is 15.9. The second-order valence-corrected chi connectivity index (χ2v) is 11.7. The Morgan fingerprint density at radius 2 is 1.05 bits per heavy atom. The number of hydrogen-bond acceptors (Lipinski definition) is 10. The van der Waals surface area contributed by atoms with Crippen LogP contribution in [0.1, 0.15) is 55.2 Å². The SMILES string of the molecule is COC(=O)NCCOC(c1cc(F)cc(Cl)c1)c1cccc(C(=O)O)c1.COC(=O)NCCOC(c1cc(F)cc(Cl)c1)c1cccc(C(=O)OC)c1.[Li+].[OH-]. The first-order valence-corrected chi connectivity index (χ1v) is 16.4. The van der Waals surface area contributed by atoms with Gasteiger partial charge in [-0.3, -0.25) is 0 Å². The Kier molecular flexibility index (Phi) is 21.6. The molecule has 13 nitrogen and oxygen atoms in total. The van der Waals surface area contributed by atoms with Crippen LogP contribution >= 0.6 is 23.2 Å². The van der Waals surface area contributed by atoms with Crippen LogP contribution in [0.15, 0.2) is 84.9 Å². The van der Waals surface area contributed by atoms with Crippen molar-refractivity contribution >= 4 is 47.3 Å². The number of carbonyl (C=O) groups is 4. The van der Waals surface area contributed by atoms with Crippen LogP contribution in [0.25, 0.3) is 0 Å². The molecule has 0 aliphatic heterocycles. The van der Waals surface area contributed by atoms with Crippen LogP contribution in [-0.4, -0.2) is 82.3 Å². The van der Waals surface area contributed by atoms with Gasteiger partial charge in [-0.15, -0.1) is 0 Å². The van der Waals surface area contributed by atoms with Crippen LogP contribution in [0.4, 0.5) is 18.4 Å². The van der Waals surface area contributed by atoms with E-state index in [2.05, 4.69) is 20.1 Å². The molecule has 2 unspecified atom stereocenters. The normalized spacial score (nSPS) is 11.2. The molecule has 0 bridgehead atoms. The van der Waals surface area contributed by atoms with Gasteiger partial charge in [-0.1, -0.05) is 47.5 Å². The van der Waals surface area contributed by atoms with Crippen molar-refractivity contribution in [2.75, 3.05) is 47.6 Å². The van der Waals surface area contributed by atoms with E-state index in [1.807, 2.05) is 0 Å². The van der Waals surface area contributed by atoms with Crippen molar-refractivity contribution in [3.05, 3.63) is 140 Å². The third-order valence-electron chi connectivity index (χ3n) is 7.10. The summed E-state index contributed by atoms with van der Waals surface area (Å²) in [5, 5.41) is 14.5. The van der Waals surface area contributed by atoms with E-state index in [9.17, 15) is 28.0 Å². The fourth-order valence-electron chi connectivity index (χ4n) is 4.81. The molecule has 0 aromatic heterocycles. The maximum atomic E-state index is 13.8. The van der Waals surface area contributed by atoms with Gasteiger partial charge in [0.25, 0.3) is 0 Å². The van der Waals surface area contributed by atoms with Gasteiger partial charge >= 0.3 is 43.0 Å². The second-order valence-electron chi connectivity index (χ2n) is 10.8. The summed E-state index contributed by atoms with van der Waals surface area (Å²) in [6.07, 6.45) is -2.66. The minimum absolute atomic E-state index is 0. The topological polar surface area (TPSA) is 189 Å². The molecule has 0 aliphatic carbocycles. The van der Waals surface area contributed by atoms with Crippen molar-refractivity contribution in [1.82, 2.24) is 10.6 Å². The Bertz CT molecular complexity index is 1850. The Hall–Kier alpha value is -4.72. The van der Waals surface area contributed by atoms with E-state index in [0.29, 0.717) is 27.8 Å². The molecule has 4 aromatic carbocycles. The summed E-state index contributed by atoms with van der Waals surface area (Å²) < 4.78 is 52.8. The smallest absolute Gasteiger partial charge is 0.870 e. The number of carboxylic acid groups (broad SMARTS) is 1. The van der Waals surface area contributed by atoms with Crippen LogP contribution in [0.2, 0.25) is 10.0 Å². The third-order valence-corrected chi connectivity index (χ3v) is 7.54. The monoisotopic (exact) mass is 800 g/mol. The second kappa shape index (κ2) is 24.6. The first-order chi connectivity index (χ1) is 25.3. The van der Waals surface area contributed by atoms with Gasteiger partial charge in [0, 0.05) is 23.1 Å². The Morgan fingerprint density at radius 1 is 0.636 bits per heavy atom. The number of benzene rings is 4. The molecule has 0 heterocycles.